The number of nitrogens with one attached hydrogen (secondary N) is 1. The lowest BCUT2D eigenvalue weighted by Gasteiger charge is -2.21. The summed E-state index contributed by atoms with van der Waals surface area (Å²) in [6.45, 7) is 2.65. The molecule has 0 saturated heterocycles. The molecule has 2 aromatic carbocycles. The summed E-state index contributed by atoms with van der Waals surface area (Å²) in [4.78, 5) is 24.2. The summed E-state index contributed by atoms with van der Waals surface area (Å²) in [6, 6.07) is 10.4. The second kappa shape index (κ2) is 9.36. The molecule has 0 aliphatic carbocycles. The molecule has 2 rings (SSSR count). The fourth-order valence-corrected chi connectivity index (χ4v) is 2.45. The average Bonchev–Trinajstić information content (AvgIpc) is 2.65. The quantitative estimate of drug-likeness (QED) is 0.689. The minimum atomic E-state index is -2.95. The van der Waals surface area contributed by atoms with Crippen LogP contribution in [0.3, 0.4) is 0 Å². The molecule has 0 fully saturated rings. The number of rotatable bonds is 7. The van der Waals surface area contributed by atoms with E-state index in [2.05, 4.69) is 10.1 Å². The standard InChI is InChI=1S/C21H23F2NO5/c1-21(2,3)14-7-10-17(27-4)16(11-14)24-18(25)12-28-19(26)13-5-8-15(9-6-13)29-20(22)23/h5-11,20H,12H2,1-4H3,(H,24,25). The Bertz CT molecular complexity index is 860. The first-order valence-electron chi connectivity index (χ1n) is 8.80. The number of carbonyl (C=O) groups is 2. The highest BCUT2D eigenvalue weighted by molar-refractivity contribution is 5.96. The molecule has 0 spiro atoms. The number of carbonyl (C=O) groups excluding carboxylic acids is 2. The van der Waals surface area contributed by atoms with Gasteiger partial charge >= 0.3 is 12.6 Å². The molecule has 0 heterocycles. The maximum Gasteiger partial charge on any atom is 0.387 e. The molecule has 8 heteroatoms. The van der Waals surface area contributed by atoms with E-state index in [1.807, 2.05) is 26.8 Å². The summed E-state index contributed by atoms with van der Waals surface area (Å²) in [6.07, 6.45) is 0. The number of methoxy groups -OCH3 is 1. The van der Waals surface area contributed by atoms with Crippen molar-refractivity contribution >= 4 is 17.6 Å². The number of hydrogen-bond donors (Lipinski definition) is 1. The summed E-state index contributed by atoms with van der Waals surface area (Å²) in [5.41, 5.74) is 1.44. The van der Waals surface area contributed by atoms with Crippen LogP contribution in [0.1, 0.15) is 36.7 Å². The van der Waals surface area contributed by atoms with Crippen LogP contribution in [0.25, 0.3) is 0 Å². The number of anilines is 1. The highest BCUT2D eigenvalue weighted by atomic mass is 19.3. The van der Waals surface area contributed by atoms with E-state index in [0.717, 1.165) is 5.56 Å². The van der Waals surface area contributed by atoms with E-state index in [9.17, 15) is 18.4 Å². The average molecular weight is 407 g/mol. The second-order valence-electron chi connectivity index (χ2n) is 7.19. The normalized spacial score (nSPS) is 11.1. The Morgan fingerprint density at radius 3 is 2.28 bits per heavy atom. The molecule has 0 radical (unpaired) electrons. The summed E-state index contributed by atoms with van der Waals surface area (Å²) in [5.74, 6) is -0.910. The molecule has 0 aromatic heterocycles. The van der Waals surface area contributed by atoms with Crippen LogP contribution >= 0.6 is 0 Å². The number of amides is 1. The first-order chi connectivity index (χ1) is 13.6. The highest BCUT2D eigenvalue weighted by Crippen LogP contribution is 2.31. The third-order valence-corrected chi connectivity index (χ3v) is 3.99. The van der Waals surface area contributed by atoms with E-state index in [0.29, 0.717) is 11.4 Å². The van der Waals surface area contributed by atoms with Gasteiger partial charge in [0.05, 0.1) is 18.4 Å². The van der Waals surface area contributed by atoms with Crippen molar-refractivity contribution in [3.8, 4) is 11.5 Å². The number of benzene rings is 2. The van der Waals surface area contributed by atoms with Gasteiger partial charge in [0, 0.05) is 0 Å². The molecule has 6 nitrogen and oxygen atoms in total. The Labute approximate surface area is 167 Å². The Kier molecular flexibility index (Phi) is 7.14. The molecule has 156 valence electrons. The molecule has 0 bridgehead atoms. The van der Waals surface area contributed by atoms with Gasteiger partial charge in [0.2, 0.25) is 0 Å². The zero-order valence-corrected chi connectivity index (χ0v) is 16.6. The lowest BCUT2D eigenvalue weighted by Crippen LogP contribution is -2.22. The van der Waals surface area contributed by atoms with Gasteiger partial charge < -0.3 is 19.5 Å². The molecule has 1 N–H and O–H groups in total. The number of hydrogen-bond acceptors (Lipinski definition) is 5. The van der Waals surface area contributed by atoms with Gasteiger partial charge in [-0.05, 0) is 47.4 Å². The predicted molar refractivity (Wildman–Crippen MR) is 104 cm³/mol. The van der Waals surface area contributed by atoms with Gasteiger partial charge in [0.15, 0.2) is 6.61 Å². The fraction of sp³-hybridized carbons (Fsp3) is 0.333. The van der Waals surface area contributed by atoms with Crippen molar-refractivity contribution in [2.45, 2.75) is 32.8 Å². The third kappa shape index (κ3) is 6.44. The van der Waals surface area contributed by atoms with E-state index in [-0.39, 0.29) is 16.7 Å². The SMILES string of the molecule is COc1ccc(C(C)(C)C)cc1NC(=O)COC(=O)c1ccc(OC(F)F)cc1. The van der Waals surface area contributed by atoms with Gasteiger partial charge in [-0.15, -0.1) is 0 Å². The van der Waals surface area contributed by atoms with Crippen molar-refractivity contribution in [2.75, 3.05) is 19.0 Å². The topological polar surface area (TPSA) is 73.9 Å². The monoisotopic (exact) mass is 407 g/mol. The molecule has 0 atom stereocenters. The first-order valence-corrected chi connectivity index (χ1v) is 8.80. The Balaban J connectivity index is 1.98. The number of esters is 1. The lowest BCUT2D eigenvalue weighted by atomic mass is 9.87. The minimum absolute atomic E-state index is 0.0832. The van der Waals surface area contributed by atoms with Crippen molar-refractivity contribution in [3.63, 3.8) is 0 Å². The van der Waals surface area contributed by atoms with Crippen LogP contribution in [-0.4, -0.2) is 32.2 Å². The van der Waals surface area contributed by atoms with E-state index >= 15 is 0 Å². The summed E-state index contributed by atoms with van der Waals surface area (Å²) in [7, 11) is 1.49. The van der Waals surface area contributed by atoms with Crippen molar-refractivity contribution in [2.24, 2.45) is 0 Å². The van der Waals surface area contributed by atoms with Crippen molar-refractivity contribution in [1.82, 2.24) is 0 Å². The zero-order valence-electron chi connectivity index (χ0n) is 16.6. The van der Waals surface area contributed by atoms with Gasteiger partial charge in [-0.25, -0.2) is 4.79 Å². The largest absolute Gasteiger partial charge is 0.495 e. The second-order valence-corrected chi connectivity index (χ2v) is 7.19. The fourth-order valence-electron chi connectivity index (χ4n) is 2.45. The van der Waals surface area contributed by atoms with Gasteiger partial charge in [0.25, 0.3) is 5.91 Å². The Morgan fingerprint density at radius 1 is 1.07 bits per heavy atom. The number of halogens is 2. The van der Waals surface area contributed by atoms with Gasteiger partial charge in [0.1, 0.15) is 11.5 Å². The van der Waals surface area contributed by atoms with E-state index in [1.54, 1.807) is 12.1 Å². The summed E-state index contributed by atoms with van der Waals surface area (Å²) < 4.78 is 38.7. The molecule has 0 unspecified atom stereocenters. The maximum atomic E-state index is 12.2. The van der Waals surface area contributed by atoms with Crippen LogP contribution < -0.4 is 14.8 Å². The molecule has 1 amide bonds. The molecule has 0 aliphatic heterocycles. The molecule has 0 aliphatic rings. The molecule has 29 heavy (non-hydrogen) atoms. The number of ether oxygens (including phenoxy) is 3. The minimum Gasteiger partial charge on any atom is -0.495 e. The highest BCUT2D eigenvalue weighted by Gasteiger charge is 2.18. The predicted octanol–water partition coefficient (Wildman–Crippen LogP) is 4.39. The lowest BCUT2D eigenvalue weighted by molar-refractivity contribution is -0.119. The van der Waals surface area contributed by atoms with Gasteiger partial charge in [-0.2, -0.15) is 8.78 Å². The third-order valence-electron chi connectivity index (χ3n) is 3.99. The maximum absolute atomic E-state index is 12.2. The number of alkyl halides is 2. The summed E-state index contributed by atoms with van der Waals surface area (Å²) >= 11 is 0. The Morgan fingerprint density at radius 2 is 1.72 bits per heavy atom. The van der Waals surface area contributed by atoms with Crippen molar-refractivity contribution < 1.29 is 32.6 Å². The van der Waals surface area contributed by atoms with Crippen LogP contribution in [0.15, 0.2) is 42.5 Å². The smallest absolute Gasteiger partial charge is 0.387 e. The van der Waals surface area contributed by atoms with Crippen LogP contribution in [0, 0.1) is 0 Å². The summed E-state index contributed by atoms with van der Waals surface area (Å²) in [5, 5.41) is 2.67. The van der Waals surface area contributed by atoms with Gasteiger partial charge in [-0.1, -0.05) is 26.8 Å². The molecular weight excluding hydrogens is 384 g/mol. The van der Waals surface area contributed by atoms with Crippen molar-refractivity contribution in [1.29, 1.82) is 0 Å². The van der Waals surface area contributed by atoms with Crippen LogP contribution in [-0.2, 0) is 14.9 Å². The van der Waals surface area contributed by atoms with E-state index < -0.39 is 25.1 Å². The van der Waals surface area contributed by atoms with Gasteiger partial charge in [-0.3, -0.25) is 4.79 Å². The Hall–Kier alpha value is -3.16. The van der Waals surface area contributed by atoms with Crippen LogP contribution in [0.2, 0.25) is 0 Å². The zero-order chi connectivity index (χ0) is 21.6. The molecular formula is C21H23F2NO5. The molecule has 0 saturated carbocycles. The van der Waals surface area contributed by atoms with Crippen LogP contribution in [0.4, 0.5) is 14.5 Å². The van der Waals surface area contributed by atoms with E-state index in [4.69, 9.17) is 9.47 Å². The first kappa shape index (κ1) is 22.1. The molecule has 2 aromatic rings. The van der Waals surface area contributed by atoms with Crippen LogP contribution in [0.5, 0.6) is 11.5 Å². The van der Waals surface area contributed by atoms with E-state index in [1.165, 1.54) is 31.4 Å². The van der Waals surface area contributed by atoms with Crippen molar-refractivity contribution in [3.05, 3.63) is 53.6 Å².